The molecule has 160 valence electrons. The van der Waals surface area contributed by atoms with E-state index in [1.165, 1.54) is 0 Å². The van der Waals surface area contributed by atoms with E-state index >= 15 is 0 Å². The van der Waals surface area contributed by atoms with Crippen molar-refractivity contribution < 1.29 is 14.3 Å². The lowest BCUT2D eigenvalue weighted by Gasteiger charge is -2.13. The molecule has 0 heterocycles. The minimum absolute atomic E-state index is 0.218. The zero-order valence-corrected chi connectivity index (χ0v) is 17.5. The molecule has 5 nitrogen and oxygen atoms in total. The lowest BCUT2D eigenvalue weighted by molar-refractivity contribution is -0.145. The van der Waals surface area contributed by atoms with Crippen LogP contribution in [-0.4, -0.2) is 24.5 Å². The molecule has 31 heavy (non-hydrogen) atoms. The number of benzene rings is 3. The predicted octanol–water partition coefficient (Wildman–Crippen LogP) is 3.86. The largest absolute Gasteiger partial charge is 0.461 e. The van der Waals surface area contributed by atoms with E-state index in [4.69, 9.17) is 10.5 Å². The van der Waals surface area contributed by atoms with E-state index in [2.05, 4.69) is 17.4 Å². The van der Waals surface area contributed by atoms with Gasteiger partial charge in [0.15, 0.2) is 0 Å². The Morgan fingerprint density at radius 2 is 1.42 bits per heavy atom. The van der Waals surface area contributed by atoms with Crippen LogP contribution >= 0.6 is 0 Å². The summed E-state index contributed by atoms with van der Waals surface area (Å²) in [6.45, 7) is 0.653. The smallest absolute Gasteiger partial charge is 0.306 e. The zero-order valence-electron chi connectivity index (χ0n) is 17.5. The summed E-state index contributed by atoms with van der Waals surface area (Å²) in [5.74, 6) is -0.495. The third-order valence-electron chi connectivity index (χ3n) is 4.95. The third-order valence-corrected chi connectivity index (χ3v) is 4.95. The van der Waals surface area contributed by atoms with Crippen molar-refractivity contribution in [2.24, 2.45) is 5.73 Å². The highest BCUT2D eigenvalue weighted by Crippen LogP contribution is 2.19. The van der Waals surface area contributed by atoms with Gasteiger partial charge in [-0.2, -0.15) is 0 Å². The number of nitrogens with one attached hydrogen (secondary N) is 1. The Labute approximate surface area is 183 Å². The van der Waals surface area contributed by atoms with Gasteiger partial charge in [-0.05, 0) is 35.1 Å². The normalized spacial score (nSPS) is 11.5. The molecular weight excluding hydrogens is 388 g/mol. The van der Waals surface area contributed by atoms with E-state index in [1.807, 2.05) is 72.8 Å². The maximum absolute atomic E-state index is 12.2. The van der Waals surface area contributed by atoms with E-state index < -0.39 is 6.04 Å². The second-order valence-corrected chi connectivity index (χ2v) is 7.41. The van der Waals surface area contributed by atoms with Crippen LogP contribution in [0, 0.1) is 0 Å². The molecule has 0 fully saturated rings. The Morgan fingerprint density at radius 1 is 0.806 bits per heavy atom. The maximum Gasteiger partial charge on any atom is 0.306 e. The monoisotopic (exact) mass is 416 g/mol. The van der Waals surface area contributed by atoms with Crippen molar-refractivity contribution in [1.82, 2.24) is 5.32 Å². The minimum Gasteiger partial charge on any atom is -0.461 e. The third kappa shape index (κ3) is 7.39. The molecule has 5 heteroatoms. The Hall–Kier alpha value is -3.44. The fourth-order valence-corrected chi connectivity index (χ4v) is 3.20. The first kappa shape index (κ1) is 22.2. The molecule has 0 radical (unpaired) electrons. The lowest BCUT2D eigenvalue weighted by atomic mass is 10.0. The van der Waals surface area contributed by atoms with E-state index in [0.29, 0.717) is 19.4 Å². The van der Waals surface area contributed by atoms with Crippen LogP contribution in [0.15, 0.2) is 84.9 Å². The van der Waals surface area contributed by atoms with Crippen LogP contribution in [0.4, 0.5) is 0 Å². The van der Waals surface area contributed by atoms with E-state index in [0.717, 1.165) is 22.3 Å². The number of hydrogen-bond acceptors (Lipinski definition) is 4. The molecule has 3 N–H and O–H groups in total. The Balaban J connectivity index is 1.34. The van der Waals surface area contributed by atoms with Crippen LogP contribution in [0.25, 0.3) is 11.1 Å². The molecule has 0 aromatic heterocycles. The number of carbonyl (C=O) groups is 2. The maximum atomic E-state index is 12.2. The van der Waals surface area contributed by atoms with Crippen LogP contribution in [0.2, 0.25) is 0 Å². The average molecular weight is 417 g/mol. The van der Waals surface area contributed by atoms with Crippen molar-refractivity contribution in [3.63, 3.8) is 0 Å². The predicted molar refractivity (Wildman–Crippen MR) is 122 cm³/mol. The van der Waals surface area contributed by atoms with Gasteiger partial charge in [0.1, 0.15) is 6.61 Å². The molecule has 0 aliphatic carbocycles. The number of esters is 1. The van der Waals surface area contributed by atoms with Gasteiger partial charge < -0.3 is 15.8 Å². The summed E-state index contributed by atoms with van der Waals surface area (Å²) in [5.41, 5.74) is 10.3. The van der Waals surface area contributed by atoms with Gasteiger partial charge in [-0.3, -0.25) is 9.59 Å². The molecule has 0 saturated carbocycles. The SMILES string of the molecule is N[C@H](Cc1ccc(-c2ccccc2)cc1)C(=O)NCCCC(=O)OCc1ccccc1. The zero-order chi connectivity index (χ0) is 21.9. The molecule has 0 aliphatic heterocycles. The first-order chi connectivity index (χ1) is 15.1. The molecule has 1 atom stereocenters. The highest BCUT2D eigenvalue weighted by Gasteiger charge is 2.14. The molecule has 3 aromatic rings. The Bertz CT molecular complexity index is 957. The average Bonchev–Trinajstić information content (AvgIpc) is 2.82. The highest BCUT2D eigenvalue weighted by molar-refractivity contribution is 5.81. The van der Waals surface area contributed by atoms with Crippen LogP contribution in [0.1, 0.15) is 24.0 Å². The van der Waals surface area contributed by atoms with Gasteiger partial charge in [0.25, 0.3) is 0 Å². The molecule has 0 aliphatic rings. The van der Waals surface area contributed by atoms with Gasteiger partial charge in [0.05, 0.1) is 6.04 Å². The summed E-state index contributed by atoms with van der Waals surface area (Å²) in [7, 11) is 0. The summed E-state index contributed by atoms with van der Waals surface area (Å²) >= 11 is 0. The van der Waals surface area contributed by atoms with Gasteiger partial charge >= 0.3 is 5.97 Å². The number of amides is 1. The quantitative estimate of drug-likeness (QED) is 0.388. The molecular formula is C26H28N2O3. The van der Waals surface area contributed by atoms with Crippen molar-refractivity contribution in [3.05, 3.63) is 96.1 Å². The van der Waals surface area contributed by atoms with Gasteiger partial charge in [-0.1, -0.05) is 84.9 Å². The minimum atomic E-state index is -0.632. The number of hydrogen-bond donors (Lipinski definition) is 2. The second kappa shape index (κ2) is 11.7. The van der Waals surface area contributed by atoms with Crippen molar-refractivity contribution in [1.29, 1.82) is 0 Å². The first-order valence-electron chi connectivity index (χ1n) is 10.5. The number of nitrogens with two attached hydrogens (primary N) is 1. The summed E-state index contributed by atoms with van der Waals surface area (Å²) in [5, 5.41) is 2.80. The summed E-state index contributed by atoms with van der Waals surface area (Å²) < 4.78 is 5.23. The molecule has 0 spiro atoms. The van der Waals surface area contributed by atoms with Crippen molar-refractivity contribution in [3.8, 4) is 11.1 Å². The van der Waals surface area contributed by atoms with Crippen molar-refractivity contribution in [2.45, 2.75) is 31.9 Å². The van der Waals surface area contributed by atoms with Crippen molar-refractivity contribution in [2.75, 3.05) is 6.54 Å². The van der Waals surface area contributed by atoms with E-state index in [-0.39, 0.29) is 24.9 Å². The van der Waals surface area contributed by atoms with Gasteiger partial charge in [0, 0.05) is 13.0 Å². The van der Waals surface area contributed by atoms with Crippen LogP contribution < -0.4 is 11.1 Å². The van der Waals surface area contributed by atoms with Gasteiger partial charge in [0.2, 0.25) is 5.91 Å². The van der Waals surface area contributed by atoms with Gasteiger partial charge in [-0.25, -0.2) is 0 Å². The topological polar surface area (TPSA) is 81.4 Å². The summed E-state index contributed by atoms with van der Waals surface area (Å²) in [6.07, 6.45) is 1.22. The van der Waals surface area contributed by atoms with E-state index in [9.17, 15) is 9.59 Å². The van der Waals surface area contributed by atoms with Crippen molar-refractivity contribution >= 4 is 11.9 Å². The summed E-state index contributed by atoms with van der Waals surface area (Å²) in [6, 6.07) is 27.1. The van der Waals surface area contributed by atoms with Gasteiger partial charge in [-0.15, -0.1) is 0 Å². The standard InChI is InChI=1S/C26H28N2O3/c27-24(18-20-13-15-23(16-14-20)22-10-5-2-6-11-22)26(30)28-17-7-12-25(29)31-19-21-8-3-1-4-9-21/h1-6,8-11,13-16,24H,7,12,17-19,27H2,(H,28,30)/t24-/m1/s1. The number of ether oxygens (including phenoxy) is 1. The molecule has 0 saturated heterocycles. The Morgan fingerprint density at radius 3 is 2.10 bits per heavy atom. The molecule has 0 bridgehead atoms. The highest BCUT2D eigenvalue weighted by atomic mass is 16.5. The molecule has 1 amide bonds. The van der Waals surface area contributed by atoms with E-state index in [1.54, 1.807) is 0 Å². The van der Waals surface area contributed by atoms with Crippen LogP contribution in [0.3, 0.4) is 0 Å². The fourth-order valence-electron chi connectivity index (χ4n) is 3.20. The first-order valence-corrected chi connectivity index (χ1v) is 10.5. The number of rotatable bonds is 10. The van der Waals surface area contributed by atoms with Crippen LogP contribution in [-0.2, 0) is 27.4 Å². The molecule has 3 aromatic carbocycles. The fraction of sp³-hybridized carbons (Fsp3) is 0.231. The lowest BCUT2D eigenvalue weighted by Crippen LogP contribution is -2.42. The summed E-state index contributed by atoms with van der Waals surface area (Å²) in [4.78, 5) is 24.0. The van der Waals surface area contributed by atoms with Crippen LogP contribution in [0.5, 0.6) is 0 Å². The molecule has 0 unspecified atom stereocenters. The molecule has 3 rings (SSSR count). The number of carbonyl (C=O) groups excluding carboxylic acids is 2. The Kier molecular flexibility index (Phi) is 8.38. The second-order valence-electron chi connectivity index (χ2n) is 7.41.